The highest BCUT2D eigenvalue weighted by Crippen LogP contribution is 2.28. The highest BCUT2D eigenvalue weighted by Gasteiger charge is 2.43. The lowest BCUT2D eigenvalue weighted by molar-refractivity contribution is -0.133. The summed E-state index contributed by atoms with van der Waals surface area (Å²) in [5.41, 5.74) is 6.34. The summed E-state index contributed by atoms with van der Waals surface area (Å²) in [5, 5.41) is 2.26. The molecule has 1 aliphatic rings. The van der Waals surface area contributed by atoms with Crippen LogP contribution in [0.25, 0.3) is 11.1 Å². The van der Waals surface area contributed by atoms with Gasteiger partial charge in [0.1, 0.15) is 11.1 Å². The minimum Gasteiger partial charge on any atom is -0.444 e. The van der Waals surface area contributed by atoms with Gasteiger partial charge in [0.2, 0.25) is 5.91 Å². The number of hydrogen-bond acceptors (Lipinski definition) is 7. The number of sulfone groups is 1. The number of hydrogen-bond donors (Lipinski definition) is 2. The summed E-state index contributed by atoms with van der Waals surface area (Å²) in [7, 11) is -3.35. The highest BCUT2D eigenvalue weighted by atomic mass is 32.2. The first kappa shape index (κ1) is 31.3. The molecule has 218 valence electrons. The van der Waals surface area contributed by atoms with Crippen LogP contribution in [0.2, 0.25) is 0 Å². The van der Waals surface area contributed by atoms with Gasteiger partial charge in [0.15, 0.2) is 15.6 Å². The second-order valence-corrected chi connectivity index (χ2v) is 14.1. The number of Topliss-reactive ketones (excluding diaryl/α,β-unsaturated/α-hetero) is 1. The number of amides is 2. The van der Waals surface area contributed by atoms with Crippen LogP contribution in [0.15, 0.2) is 53.4 Å². The molecule has 2 aromatic rings. The average Bonchev–Trinajstić information content (AvgIpc) is 2.88. The monoisotopic (exact) mass is 572 g/mol. The van der Waals surface area contributed by atoms with Crippen molar-refractivity contribution in [3.63, 3.8) is 0 Å². The maximum Gasteiger partial charge on any atom is 0.408 e. The molecule has 0 aromatic heterocycles. The standard InChI is InChI=1S/C30H40N2O7S/c1-20(2)40(36,37)25-12-10-23(11-13-25)22-8-6-21(7-9-22)18-24(27(31)34)19-26(33)30(14-16-38-17-15-30)32-28(35)39-29(3,4)5/h6-13,20,24H,14-19H2,1-5H3,(H2,31,34)(H,32,35)/t24-/m1/s1. The third-order valence-electron chi connectivity index (χ3n) is 7.03. The van der Waals surface area contributed by atoms with Crippen LogP contribution >= 0.6 is 0 Å². The molecule has 1 saturated heterocycles. The summed E-state index contributed by atoms with van der Waals surface area (Å²) in [4.78, 5) is 38.7. The quantitative estimate of drug-likeness (QED) is 0.434. The Bertz CT molecular complexity index is 1310. The van der Waals surface area contributed by atoms with E-state index in [0.29, 0.717) is 13.2 Å². The van der Waals surface area contributed by atoms with Crippen molar-refractivity contribution >= 4 is 27.6 Å². The van der Waals surface area contributed by atoms with Crippen LogP contribution in [-0.4, -0.2) is 55.8 Å². The zero-order chi connectivity index (χ0) is 29.7. The van der Waals surface area contributed by atoms with Crippen molar-refractivity contribution in [3.05, 3.63) is 54.1 Å². The van der Waals surface area contributed by atoms with Crippen molar-refractivity contribution in [1.82, 2.24) is 5.32 Å². The van der Waals surface area contributed by atoms with Gasteiger partial charge in [0.05, 0.1) is 10.1 Å². The zero-order valence-electron chi connectivity index (χ0n) is 23.9. The van der Waals surface area contributed by atoms with E-state index in [4.69, 9.17) is 15.2 Å². The van der Waals surface area contributed by atoms with Crippen LogP contribution in [-0.2, 0) is 35.3 Å². The predicted octanol–water partition coefficient (Wildman–Crippen LogP) is 4.21. The molecule has 1 heterocycles. The van der Waals surface area contributed by atoms with E-state index in [-0.39, 0.29) is 36.4 Å². The Hall–Kier alpha value is -3.24. The minimum absolute atomic E-state index is 0.126. The molecular formula is C30H40N2O7S. The van der Waals surface area contributed by atoms with E-state index < -0.39 is 44.1 Å². The fraction of sp³-hybridized carbons (Fsp3) is 0.500. The summed E-state index contributed by atoms with van der Waals surface area (Å²) < 4.78 is 35.6. The van der Waals surface area contributed by atoms with E-state index in [1.165, 1.54) is 0 Å². The van der Waals surface area contributed by atoms with Gasteiger partial charge in [-0.05, 0) is 69.9 Å². The predicted molar refractivity (Wildman–Crippen MR) is 152 cm³/mol. The summed E-state index contributed by atoms with van der Waals surface area (Å²) >= 11 is 0. The van der Waals surface area contributed by atoms with Crippen molar-refractivity contribution in [1.29, 1.82) is 0 Å². The van der Waals surface area contributed by atoms with Gasteiger partial charge in [-0.1, -0.05) is 36.4 Å². The van der Waals surface area contributed by atoms with Gasteiger partial charge in [-0.25, -0.2) is 13.2 Å². The second-order valence-electron chi connectivity index (χ2n) is 11.6. The van der Waals surface area contributed by atoms with Gasteiger partial charge in [0, 0.05) is 38.4 Å². The number of carbonyl (C=O) groups excluding carboxylic acids is 3. The fourth-order valence-corrected chi connectivity index (χ4v) is 5.67. The van der Waals surface area contributed by atoms with E-state index in [0.717, 1.165) is 16.7 Å². The number of carbonyl (C=O) groups is 3. The summed E-state index contributed by atoms with van der Waals surface area (Å²) in [6.07, 6.45) is -0.000806. The molecule has 0 saturated carbocycles. The molecule has 1 aliphatic heterocycles. The molecule has 2 aromatic carbocycles. The fourth-order valence-electron chi connectivity index (χ4n) is 4.61. The molecule has 0 aliphatic carbocycles. The van der Waals surface area contributed by atoms with E-state index in [1.807, 2.05) is 24.3 Å². The lowest BCUT2D eigenvalue weighted by Crippen LogP contribution is -2.58. The molecule has 9 nitrogen and oxygen atoms in total. The lowest BCUT2D eigenvalue weighted by atomic mass is 9.80. The molecule has 10 heteroatoms. The molecule has 2 amide bonds. The number of nitrogens with one attached hydrogen (secondary N) is 1. The molecule has 0 radical (unpaired) electrons. The first-order valence-electron chi connectivity index (χ1n) is 13.5. The maximum absolute atomic E-state index is 13.5. The molecular weight excluding hydrogens is 532 g/mol. The zero-order valence-corrected chi connectivity index (χ0v) is 24.7. The third-order valence-corrected chi connectivity index (χ3v) is 9.20. The Morgan fingerprint density at radius 2 is 1.50 bits per heavy atom. The van der Waals surface area contributed by atoms with Gasteiger partial charge < -0.3 is 20.5 Å². The van der Waals surface area contributed by atoms with Crippen LogP contribution in [0.1, 0.15) is 59.4 Å². The smallest absolute Gasteiger partial charge is 0.408 e. The Kier molecular flexibility index (Phi) is 9.79. The van der Waals surface area contributed by atoms with Gasteiger partial charge >= 0.3 is 6.09 Å². The van der Waals surface area contributed by atoms with Crippen LogP contribution in [0.3, 0.4) is 0 Å². The minimum atomic E-state index is -3.35. The number of primary amides is 1. The Morgan fingerprint density at radius 1 is 0.975 bits per heavy atom. The van der Waals surface area contributed by atoms with Gasteiger partial charge in [-0.15, -0.1) is 0 Å². The molecule has 0 unspecified atom stereocenters. The molecule has 1 fully saturated rings. The van der Waals surface area contributed by atoms with Crippen molar-refractivity contribution in [2.75, 3.05) is 13.2 Å². The molecule has 3 rings (SSSR count). The van der Waals surface area contributed by atoms with E-state index in [9.17, 15) is 22.8 Å². The largest absolute Gasteiger partial charge is 0.444 e. The SMILES string of the molecule is CC(C)S(=O)(=O)c1ccc(-c2ccc(C[C@H](CC(=O)C3(NC(=O)OC(C)(C)C)CCOCC3)C(N)=O)cc2)cc1. The molecule has 0 spiro atoms. The van der Waals surface area contributed by atoms with Crippen LogP contribution in [0, 0.1) is 5.92 Å². The highest BCUT2D eigenvalue weighted by molar-refractivity contribution is 7.92. The maximum atomic E-state index is 13.5. The summed E-state index contributed by atoms with van der Waals surface area (Å²) in [5.74, 6) is -1.64. The lowest BCUT2D eigenvalue weighted by Gasteiger charge is -2.37. The number of rotatable bonds is 10. The van der Waals surface area contributed by atoms with E-state index >= 15 is 0 Å². The number of alkyl carbamates (subject to hydrolysis) is 1. The van der Waals surface area contributed by atoms with Crippen molar-refractivity contribution in [3.8, 4) is 11.1 Å². The van der Waals surface area contributed by atoms with Gasteiger partial charge in [-0.3, -0.25) is 9.59 Å². The first-order valence-corrected chi connectivity index (χ1v) is 15.0. The van der Waals surface area contributed by atoms with E-state index in [1.54, 1.807) is 58.9 Å². The average molecular weight is 573 g/mol. The van der Waals surface area contributed by atoms with Crippen LogP contribution < -0.4 is 11.1 Å². The molecule has 3 N–H and O–H groups in total. The van der Waals surface area contributed by atoms with Crippen LogP contribution in [0.4, 0.5) is 4.79 Å². The summed E-state index contributed by atoms with van der Waals surface area (Å²) in [6.45, 7) is 9.12. The topological polar surface area (TPSA) is 142 Å². The van der Waals surface area contributed by atoms with Gasteiger partial charge in [-0.2, -0.15) is 0 Å². The van der Waals surface area contributed by atoms with Crippen molar-refractivity contribution < 1.29 is 32.3 Å². The van der Waals surface area contributed by atoms with Crippen LogP contribution in [0.5, 0.6) is 0 Å². The number of ether oxygens (including phenoxy) is 2. The van der Waals surface area contributed by atoms with Crippen molar-refractivity contribution in [2.24, 2.45) is 11.7 Å². The molecule has 0 bridgehead atoms. The Balaban J connectivity index is 1.72. The Morgan fingerprint density at radius 3 is 1.98 bits per heavy atom. The number of nitrogens with two attached hydrogens (primary N) is 1. The first-order chi connectivity index (χ1) is 18.6. The van der Waals surface area contributed by atoms with E-state index in [2.05, 4.69) is 5.32 Å². The number of ketones is 1. The van der Waals surface area contributed by atoms with Crippen molar-refractivity contribution in [2.45, 2.75) is 81.6 Å². The third kappa shape index (κ3) is 7.91. The molecule has 1 atom stereocenters. The second kappa shape index (κ2) is 12.5. The normalized spacial score (nSPS) is 16.2. The Labute approximate surface area is 236 Å². The summed E-state index contributed by atoms with van der Waals surface area (Å²) in [6, 6.07) is 14.2. The number of benzene rings is 2. The van der Waals surface area contributed by atoms with Gasteiger partial charge in [0.25, 0.3) is 0 Å². The molecule has 40 heavy (non-hydrogen) atoms.